The van der Waals surface area contributed by atoms with Crippen LogP contribution in [0.25, 0.3) is 0 Å². The second-order valence-electron chi connectivity index (χ2n) is 4.47. The van der Waals surface area contributed by atoms with Gasteiger partial charge in [-0.25, -0.2) is 0 Å². The van der Waals surface area contributed by atoms with Crippen molar-refractivity contribution in [3.05, 3.63) is 22.7 Å². The molecule has 0 atom stereocenters. The normalized spacial score (nSPS) is 23.1. The van der Waals surface area contributed by atoms with Crippen molar-refractivity contribution in [3.63, 3.8) is 0 Å². The molecule has 1 aromatic rings. The molecular weight excluding hydrogens is 238 g/mol. The molecule has 1 saturated carbocycles. The Hall–Kier alpha value is -0.930. The standard InChI is InChI=1S/C13H18ClNO2/c1-8-4-12(13(17-3)7-11(8)14)15-9-5-10(6-9)16-2/h4,7,9-10,15H,5-6H2,1-3H3. The molecule has 2 rings (SSSR count). The number of rotatable bonds is 4. The third-order valence-corrected chi connectivity index (χ3v) is 3.68. The maximum Gasteiger partial charge on any atom is 0.143 e. The fourth-order valence-corrected chi connectivity index (χ4v) is 2.19. The molecule has 94 valence electrons. The average molecular weight is 256 g/mol. The van der Waals surface area contributed by atoms with Crippen molar-refractivity contribution in [2.24, 2.45) is 0 Å². The quantitative estimate of drug-likeness (QED) is 0.896. The lowest BCUT2D eigenvalue weighted by atomic mass is 9.89. The van der Waals surface area contributed by atoms with Gasteiger partial charge >= 0.3 is 0 Å². The van der Waals surface area contributed by atoms with Crippen LogP contribution in [-0.2, 0) is 4.74 Å². The maximum atomic E-state index is 6.07. The Morgan fingerprint density at radius 1 is 1.29 bits per heavy atom. The predicted octanol–water partition coefficient (Wildman–Crippen LogP) is 3.25. The lowest BCUT2D eigenvalue weighted by Gasteiger charge is -2.35. The zero-order chi connectivity index (χ0) is 12.4. The van der Waals surface area contributed by atoms with Crippen LogP contribution in [0.4, 0.5) is 5.69 Å². The number of aryl methyl sites for hydroxylation is 1. The number of ether oxygens (including phenoxy) is 2. The fourth-order valence-electron chi connectivity index (χ4n) is 2.04. The highest BCUT2D eigenvalue weighted by Crippen LogP contribution is 2.34. The molecule has 0 saturated heterocycles. The van der Waals surface area contributed by atoms with Gasteiger partial charge in [0.25, 0.3) is 0 Å². The number of halogens is 1. The van der Waals surface area contributed by atoms with Gasteiger partial charge in [-0.15, -0.1) is 0 Å². The number of anilines is 1. The van der Waals surface area contributed by atoms with Gasteiger partial charge in [0.2, 0.25) is 0 Å². The van der Waals surface area contributed by atoms with Crippen LogP contribution in [0.1, 0.15) is 18.4 Å². The van der Waals surface area contributed by atoms with Crippen LogP contribution >= 0.6 is 11.6 Å². The van der Waals surface area contributed by atoms with E-state index in [1.807, 2.05) is 19.1 Å². The Balaban J connectivity index is 2.07. The second-order valence-corrected chi connectivity index (χ2v) is 4.88. The van der Waals surface area contributed by atoms with Gasteiger partial charge in [0.1, 0.15) is 5.75 Å². The Labute approximate surface area is 107 Å². The molecule has 0 bridgehead atoms. The van der Waals surface area contributed by atoms with E-state index >= 15 is 0 Å². The summed E-state index contributed by atoms with van der Waals surface area (Å²) < 4.78 is 10.6. The van der Waals surface area contributed by atoms with Crippen molar-refractivity contribution in [1.29, 1.82) is 0 Å². The van der Waals surface area contributed by atoms with E-state index in [-0.39, 0.29) is 0 Å². The number of nitrogens with one attached hydrogen (secondary N) is 1. The topological polar surface area (TPSA) is 30.5 Å². The SMILES string of the molecule is COc1cc(Cl)c(C)cc1NC1CC(OC)C1. The highest BCUT2D eigenvalue weighted by molar-refractivity contribution is 6.31. The summed E-state index contributed by atoms with van der Waals surface area (Å²) in [6.07, 6.45) is 2.48. The largest absolute Gasteiger partial charge is 0.495 e. The molecule has 0 unspecified atom stereocenters. The van der Waals surface area contributed by atoms with Gasteiger partial charge in [0, 0.05) is 24.2 Å². The lowest BCUT2D eigenvalue weighted by molar-refractivity contribution is 0.0328. The zero-order valence-electron chi connectivity index (χ0n) is 10.4. The van der Waals surface area contributed by atoms with Crippen LogP contribution in [-0.4, -0.2) is 26.4 Å². The van der Waals surface area contributed by atoms with Crippen molar-refractivity contribution in [3.8, 4) is 5.75 Å². The van der Waals surface area contributed by atoms with E-state index in [4.69, 9.17) is 21.1 Å². The Morgan fingerprint density at radius 2 is 2.00 bits per heavy atom. The van der Waals surface area contributed by atoms with E-state index in [1.54, 1.807) is 14.2 Å². The van der Waals surface area contributed by atoms with E-state index < -0.39 is 0 Å². The smallest absolute Gasteiger partial charge is 0.143 e. The van der Waals surface area contributed by atoms with Crippen LogP contribution in [0.15, 0.2) is 12.1 Å². The Bertz CT molecular complexity index is 403. The first kappa shape index (κ1) is 12.5. The molecule has 1 aromatic carbocycles. The van der Waals surface area contributed by atoms with Gasteiger partial charge in [-0.3, -0.25) is 0 Å². The van der Waals surface area contributed by atoms with Gasteiger partial charge in [0.05, 0.1) is 18.9 Å². The first-order valence-electron chi connectivity index (χ1n) is 5.77. The molecule has 4 heteroatoms. The van der Waals surface area contributed by atoms with Gasteiger partial charge < -0.3 is 14.8 Å². The van der Waals surface area contributed by atoms with Gasteiger partial charge in [-0.05, 0) is 31.4 Å². The van der Waals surface area contributed by atoms with Crippen molar-refractivity contribution >= 4 is 17.3 Å². The number of methoxy groups -OCH3 is 2. The van der Waals surface area contributed by atoms with E-state index in [0.717, 1.165) is 34.9 Å². The molecule has 0 aromatic heterocycles. The highest BCUT2D eigenvalue weighted by atomic mass is 35.5. The summed E-state index contributed by atoms with van der Waals surface area (Å²) in [5.74, 6) is 0.793. The monoisotopic (exact) mass is 255 g/mol. The van der Waals surface area contributed by atoms with E-state index in [9.17, 15) is 0 Å². The summed E-state index contributed by atoms with van der Waals surface area (Å²) >= 11 is 6.07. The third kappa shape index (κ3) is 2.67. The van der Waals surface area contributed by atoms with Crippen LogP contribution in [0.2, 0.25) is 5.02 Å². The minimum absolute atomic E-state index is 0.395. The first-order chi connectivity index (χ1) is 8.13. The first-order valence-corrected chi connectivity index (χ1v) is 6.15. The average Bonchev–Trinajstić information content (AvgIpc) is 2.27. The summed E-state index contributed by atoms with van der Waals surface area (Å²) in [4.78, 5) is 0. The molecule has 3 nitrogen and oxygen atoms in total. The van der Waals surface area contributed by atoms with Crippen molar-refractivity contribution in [2.45, 2.75) is 31.9 Å². The van der Waals surface area contributed by atoms with Crippen molar-refractivity contribution in [2.75, 3.05) is 19.5 Å². The summed E-state index contributed by atoms with van der Waals surface area (Å²) in [6.45, 7) is 1.99. The molecule has 17 heavy (non-hydrogen) atoms. The molecule has 1 N–H and O–H groups in total. The molecule has 0 radical (unpaired) electrons. The van der Waals surface area contributed by atoms with Gasteiger partial charge in [-0.2, -0.15) is 0 Å². The molecule has 1 fully saturated rings. The lowest BCUT2D eigenvalue weighted by Crippen LogP contribution is -2.40. The van der Waals surface area contributed by atoms with Crippen LogP contribution < -0.4 is 10.1 Å². The second kappa shape index (κ2) is 5.15. The minimum Gasteiger partial charge on any atom is -0.495 e. The van der Waals surface area contributed by atoms with Crippen LogP contribution in [0.3, 0.4) is 0 Å². The summed E-state index contributed by atoms with van der Waals surface area (Å²) in [5, 5.41) is 4.20. The maximum absolute atomic E-state index is 6.07. The highest BCUT2D eigenvalue weighted by Gasteiger charge is 2.29. The predicted molar refractivity (Wildman–Crippen MR) is 70.2 cm³/mol. The minimum atomic E-state index is 0.395. The van der Waals surface area contributed by atoms with Gasteiger partial charge in [-0.1, -0.05) is 11.6 Å². The van der Waals surface area contributed by atoms with Gasteiger partial charge in [0.15, 0.2) is 0 Å². The van der Waals surface area contributed by atoms with Crippen LogP contribution in [0, 0.1) is 6.92 Å². The Morgan fingerprint density at radius 3 is 2.59 bits per heavy atom. The molecule has 0 amide bonds. The zero-order valence-corrected chi connectivity index (χ0v) is 11.2. The number of hydrogen-bond donors (Lipinski definition) is 1. The van der Waals surface area contributed by atoms with Crippen molar-refractivity contribution < 1.29 is 9.47 Å². The Kier molecular flexibility index (Phi) is 3.79. The number of benzene rings is 1. The summed E-state index contributed by atoms with van der Waals surface area (Å²) in [7, 11) is 3.42. The number of hydrogen-bond acceptors (Lipinski definition) is 3. The summed E-state index contributed by atoms with van der Waals surface area (Å²) in [5.41, 5.74) is 2.06. The molecule has 0 heterocycles. The molecule has 1 aliphatic carbocycles. The molecule has 0 spiro atoms. The van der Waals surface area contributed by atoms with E-state index in [0.29, 0.717) is 12.1 Å². The van der Waals surface area contributed by atoms with E-state index in [2.05, 4.69) is 5.32 Å². The van der Waals surface area contributed by atoms with E-state index in [1.165, 1.54) is 0 Å². The van der Waals surface area contributed by atoms with Crippen LogP contribution in [0.5, 0.6) is 5.75 Å². The van der Waals surface area contributed by atoms with Crippen molar-refractivity contribution in [1.82, 2.24) is 0 Å². The fraction of sp³-hybridized carbons (Fsp3) is 0.538. The molecule has 0 aliphatic heterocycles. The third-order valence-electron chi connectivity index (χ3n) is 3.27. The molecule has 1 aliphatic rings. The molecular formula is C13H18ClNO2. The summed E-state index contributed by atoms with van der Waals surface area (Å²) in [6, 6.07) is 4.35.